The van der Waals surface area contributed by atoms with Crippen molar-refractivity contribution in [1.29, 1.82) is 0 Å². The van der Waals surface area contributed by atoms with Gasteiger partial charge in [-0.3, -0.25) is 9.59 Å². The number of aromatic nitrogens is 2. The lowest BCUT2D eigenvalue weighted by Crippen LogP contribution is -2.48. The number of fused-ring (bicyclic) bond motifs is 2. The normalized spacial score (nSPS) is 20.2. The third-order valence-corrected chi connectivity index (χ3v) is 6.52. The van der Waals surface area contributed by atoms with Crippen molar-refractivity contribution in [3.63, 3.8) is 0 Å². The fourth-order valence-electron chi connectivity index (χ4n) is 4.71. The molecule has 0 aliphatic carbocycles. The minimum absolute atomic E-state index is 0.0574. The lowest BCUT2D eigenvalue weighted by Gasteiger charge is -2.43. The van der Waals surface area contributed by atoms with E-state index in [9.17, 15) is 9.59 Å². The fourth-order valence-corrected chi connectivity index (χ4v) is 4.71. The molecule has 1 aromatic heterocycles. The summed E-state index contributed by atoms with van der Waals surface area (Å²) in [7, 11) is 0. The minimum Gasteiger partial charge on any atom is -0.368 e. The zero-order valence-corrected chi connectivity index (χ0v) is 17.5. The van der Waals surface area contributed by atoms with Crippen LogP contribution in [0.1, 0.15) is 49.8 Å². The number of hydrogen-bond donors (Lipinski definition) is 1. The Kier molecular flexibility index (Phi) is 5.31. The Morgan fingerprint density at radius 1 is 1.13 bits per heavy atom. The summed E-state index contributed by atoms with van der Waals surface area (Å²) in [6.07, 6.45) is 6.63. The van der Waals surface area contributed by atoms with E-state index in [4.69, 9.17) is 9.84 Å². The Morgan fingerprint density at radius 3 is 2.68 bits per heavy atom. The van der Waals surface area contributed by atoms with Gasteiger partial charge in [-0.05, 0) is 49.8 Å². The molecule has 8 nitrogen and oxygen atoms in total. The first-order valence-electron chi connectivity index (χ1n) is 11.0. The highest BCUT2D eigenvalue weighted by atomic mass is 16.5. The van der Waals surface area contributed by atoms with Crippen LogP contribution in [0, 0.1) is 0 Å². The van der Waals surface area contributed by atoms with Gasteiger partial charge in [0.25, 0.3) is 0 Å². The van der Waals surface area contributed by atoms with Gasteiger partial charge in [-0.15, -0.1) is 0 Å². The van der Waals surface area contributed by atoms with Gasteiger partial charge in [-0.1, -0.05) is 18.2 Å². The smallest absolute Gasteiger partial charge is 0.240 e. The zero-order chi connectivity index (χ0) is 21.3. The highest BCUT2D eigenvalue weighted by Gasteiger charge is 2.44. The molecule has 0 radical (unpaired) electrons. The number of nitrogens with zero attached hydrogens (tertiary/aromatic N) is 4. The number of nitrogens with one attached hydrogen (secondary N) is 1. The van der Waals surface area contributed by atoms with E-state index in [-0.39, 0.29) is 11.8 Å². The molecule has 4 heterocycles. The second kappa shape index (κ2) is 8.26. The Morgan fingerprint density at radius 2 is 1.94 bits per heavy atom. The average Bonchev–Trinajstić information content (AvgIpc) is 3.26. The second-order valence-electron chi connectivity index (χ2n) is 8.47. The molecule has 2 aromatic rings. The quantitative estimate of drug-likeness (QED) is 0.821. The number of carbonyl (C=O) groups excluding carboxylic acids is 2. The number of benzene rings is 1. The summed E-state index contributed by atoms with van der Waals surface area (Å²) in [5.74, 6) is 0.0817. The van der Waals surface area contributed by atoms with Crippen LogP contribution in [0.4, 0.5) is 0 Å². The van der Waals surface area contributed by atoms with Gasteiger partial charge in [0.15, 0.2) is 0 Å². The molecule has 0 unspecified atom stereocenters. The highest BCUT2D eigenvalue weighted by molar-refractivity contribution is 5.94. The lowest BCUT2D eigenvalue weighted by atomic mass is 9.83. The summed E-state index contributed by atoms with van der Waals surface area (Å²) in [4.78, 5) is 25.9. The van der Waals surface area contributed by atoms with E-state index in [1.165, 1.54) is 5.56 Å². The third kappa shape index (κ3) is 3.99. The molecule has 0 atom stereocenters. The highest BCUT2D eigenvalue weighted by Crippen LogP contribution is 2.41. The maximum Gasteiger partial charge on any atom is 0.240 e. The number of likely N-dealkylation sites (tertiary alicyclic amines) is 1. The predicted octanol–water partition coefficient (Wildman–Crippen LogP) is 2.31. The molecule has 1 fully saturated rings. The Bertz CT molecular complexity index is 1010. The third-order valence-electron chi connectivity index (χ3n) is 6.52. The summed E-state index contributed by atoms with van der Waals surface area (Å²) >= 11 is 0. The van der Waals surface area contributed by atoms with Crippen molar-refractivity contribution in [3.8, 4) is 5.69 Å². The molecule has 3 aliphatic rings. The molecule has 1 saturated heterocycles. The van der Waals surface area contributed by atoms with Crippen LogP contribution in [-0.4, -0.2) is 51.9 Å². The first-order chi connectivity index (χ1) is 15.1. The van der Waals surface area contributed by atoms with Gasteiger partial charge in [-0.25, -0.2) is 10.1 Å². The Labute approximate surface area is 181 Å². The van der Waals surface area contributed by atoms with Gasteiger partial charge in [0.05, 0.1) is 18.0 Å². The molecule has 1 spiro atoms. The first-order valence-corrected chi connectivity index (χ1v) is 11.0. The van der Waals surface area contributed by atoms with Crippen molar-refractivity contribution in [2.24, 2.45) is 5.10 Å². The SMILES string of the molecule is O=C1CCC(CCC(=O)N2CCC3(CC2)OCCc2cn(-c4ccccc4)nc23)=NN1. The molecular formula is C23H27N5O3. The standard InChI is InChI=1S/C23H27N5O3/c29-20-8-6-18(24-25-20)7-9-21(30)27-13-11-23(12-14-27)22-17(10-15-31-23)16-28(26-22)19-4-2-1-3-5-19/h1-5,16H,6-15H2,(H,25,29). The van der Waals surface area contributed by atoms with E-state index in [2.05, 4.69) is 28.9 Å². The van der Waals surface area contributed by atoms with Crippen molar-refractivity contribution in [3.05, 3.63) is 47.8 Å². The predicted molar refractivity (Wildman–Crippen MR) is 115 cm³/mol. The van der Waals surface area contributed by atoms with E-state index in [1.807, 2.05) is 27.8 Å². The van der Waals surface area contributed by atoms with Crippen molar-refractivity contribution in [2.75, 3.05) is 19.7 Å². The van der Waals surface area contributed by atoms with Gasteiger partial charge in [0, 0.05) is 37.8 Å². The molecule has 31 heavy (non-hydrogen) atoms. The summed E-state index contributed by atoms with van der Waals surface area (Å²) < 4.78 is 8.25. The molecule has 0 bridgehead atoms. The van der Waals surface area contributed by atoms with E-state index >= 15 is 0 Å². The van der Waals surface area contributed by atoms with Crippen LogP contribution in [0.25, 0.3) is 5.69 Å². The van der Waals surface area contributed by atoms with Crippen molar-refractivity contribution in [1.82, 2.24) is 20.1 Å². The minimum atomic E-state index is -0.401. The van der Waals surface area contributed by atoms with Crippen molar-refractivity contribution < 1.29 is 14.3 Å². The average molecular weight is 422 g/mol. The van der Waals surface area contributed by atoms with Gasteiger partial charge < -0.3 is 9.64 Å². The topological polar surface area (TPSA) is 88.8 Å². The summed E-state index contributed by atoms with van der Waals surface area (Å²) in [5.41, 5.74) is 6.31. The van der Waals surface area contributed by atoms with E-state index in [0.717, 1.165) is 36.4 Å². The van der Waals surface area contributed by atoms with Crippen molar-refractivity contribution in [2.45, 2.75) is 50.5 Å². The second-order valence-corrected chi connectivity index (χ2v) is 8.47. The molecule has 2 amide bonds. The largest absolute Gasteiger partial charge is 0.368 e. The van der Waals surface area contributed by atoms with E-state index in [0.29, 0.717) is 45.4 Å². The maximum atomic E-state index is 12.7. The van der Waals surface area contributed by atoms with Crippen LogP contribution in [0.5, 0.6) is 0 Å². The van der Waals surface area contributed by atoms with Crippen molar-refractivity contribution >= 4 is 17.5 Å². The van der Waals surface area contributed by atoms with Crippen LogP contribution in [0.3, 0.4) is 0 Å². The van der Waals surface area contributed by atoms with Crippen LogP contribution >= 0.6 is 0 Å². The van der Waals surface area contributed by atoms with Crippen LogP contribution < -0.4 is 5.43 Å². The molecule has 1 aromatic carbocycles. The van der Waals surface area contributed by atoms with Gasteiger partial charge in [0.2, 0.25) is 11.8 Å². The number of hydrazone groups is 1. The van der Waals surface area contributed by atoms with Crippen LogP contribution in [0.15, 0.2) is 41.6 Å². The summed E-state index contributed by atoms with van der Waals surface area (Å²) in [5, 5.41) is 8.97. The molecule has 5 rings (SSSR count). The van der Waals surface area contributed by atoms with E-state index in [1.54, 1.807) is 0 Å². The van der Waals surface area contributed by atoms with E-state index < -0.39 is 5.60 Å². The van der Waals surface area contributed by atoms with Crippen LogP contribution in [0.2, 0.25) is 0 Å². The Hall–Kier alpha value is -3.00. The number of para-hydroxylation sites is 1. The Balaban J connectivity index is 1.24. The number of carbonyl (C=O) groups is 2. The molecular weight excluding hydrogens is 394 g/mol. The number of amides is 2. The number of rotatable bonds is 4. The molecule has 1 N–H and O–H groups in total. The molecule has 162 valence electrons. The molecule has 0 saturated carbocycles. The summed E-state index contributed by atoms with van der Waals surface area (Å²) in [6.45, 7) is 2.02. The zero-order valence-electron chi connectivity index (χ0n) is 17.5. The monoisotopic (exact) mass is 421 g/mol. The maximum absolute atomic E-state index is 12.7. The lowest BCUT2D eigenvalue weighted by molar-refractivity contribution is -0.141. The summed E-state index contributed by atoms with van der Waals surface area (Å²) in [6, 6.07) is 10.1. The number of hydrogen-bond acceptors (Lipinski definition) is 5. The van der Waals surface area contributed by atoms with Gasteiger partial charge in [-0.2, -0.15) is 10.2 Å². The number of piperidine rings is 1. The molecule has 8 heteroatoms. The van der Waals surface area contributed by atoms with Gasteiger partial charge in [0.1, 0.15) is 5.60 Å². The number of ether oxygens (including phenoxy) is 1. The molecule has 3 aliphatic heterocycles. The van der Waals surface area contributed by atoms with Gasteiger partial charge >= 0.3 is 0 Å². The van der Waals surface area contributed by atoms with Crippen LogP contribution in [-0.2, 0) is 26.3 Å². The fraction of sp³-hybridized carbons (Fsp3) is 0.478. The first kappa shape index (κ1) is 19.9.